The lowest BCUT2D eigenvalue weighted by atomic mass is 9.62. The van der Waals surface area contributed by atoms with Gasteiger partial charge in [0.05, 0.1) is 17.4 Å². The lowest BCUT2D eigenvalue weighted by Crippen LogP contribution is -2.57. The quantitative estimate of drug-likeness (QED) is 0.291. The smallest absolute Gasteiger partial charge is 0.248 e. The van der Waals surface area contributed by atoms with Gasteiger partial charge in [-0.2, -0.15) is 0 Å². The van der Waals surface area contributed by atoms with Gasteiger partial charge < -0.3 is 24.5 Å². The van der Waals surface area contributed by atoms with Gasteiger partial charge in [-0.05, 0) is 38.5 Å². The molecule has 202 valence electrons. The average molecular weight is 504 g/mol. The first-order valence-corrected chi connectivity index (χ1v) is 13.5. The number of carbonyl (C=O) groups excluding carboxylic acids is 3. The number of fused-ring (bicyclic) bond motifs is 1. The van der Waals surface area contributed by atoms with E-state index in [1.165, 1.54) is 0 Å². The van der Waals surface area contributed by atoms with E-state index in [0.717, 1.165) is 19.3 Å². The van der Waals surface area contributed by atoms with Crippen LogP contribution in [0.3, 0.4) is 0 Å². The molecule has 0 aliphatic carbocycles. The summed E-state index contributed by atoms with van der Waals surface area (Å²) in [6.07, 6.45) is 7.98. The first-order valence-electron chi connectivity index (χ1n) is 13.5. The van der Waals surface area contributed by atoms with Crippen LogP contribution < -0.4 is 0 Å². The standard InChI is InChI=1S/C28H45N3O5/c1-7-10-11-16-30(15-9-3)26(35)23-28-19-20(4)27(5,36-28)21(24(33)29(6)14-8-2)22(28)25(34)31(23)17-12-13-18-32/h8-9,20-23,32H,2-3,7,10-19H2,1,4-6H3/t20?,21-,22+,23?,27+,28?/m1/s1. The predicted molar refractivity (Wildman–Crippen MR) is 139 cm³/mol. The number of amides is 3. The van der Waals surface area contributed by atoms with Crippen LogP contribution in [0.1, 0.15) is 59.3 Å². The zero-order valence-corrected chi connectivity index (χ0v) is 22.6. The van der Waals surface area contributed by atoms with E-state index in [1.807, 2.05) is 6.92 Å². The minimum atomic E-state index is -1.04. The Bertz CT molecular complexity index is 862. The van der Waals surface area contributed by atoms with E-state index in [9.17, 15) is 19.5 Å². The zero-order valence-electron chi connectivity index (χ0n) is 22.6. The second-order valence-corrected chi connectivity index (χ2v) is 11.0. The second kappa shape index (κ2) is 11.5. The fraction of sp³-hybridized carbons (Fsp3) is 0.750. The molecule has 0 aromatic heterocycles. The van der Waals surface area contributed by atoms with Crippen molar-refractivity contribution in [1.82, 2.24) is 14.7 Å². The van der Waals surface area contributed by atoms with Gasteiger partial charge >= 0.3 is 0 Å². The number of aliphatic hydroxyl groups excluding tert-OH is 1. The van der Waals surface area contributed by atoms with Crippen LogP contribution in [0.25, 0.3) is 0 Å². The lowest BCUT2D eigenvalue weighted by Gasteiger charge is -2.38. The summed E-state index contributed by atoms with van der Waals surface area (Å²) in [6, 6.07) is -0.790. The highest BCUT2D eigenvalue weighted by atomic mass is 16.5. The van der Waals surface area contributed by atoms with Crippen molar-refractivity contribution in [2.24, 2.45) is 17.8 Å². The third-order valence-corrected chi connectivity index (χ3v) is 8.59. The molecule has 3 aliphatic heterocycles. The van der Waals surface area contributed by atoms with Crippen molar-refractivity contribution in [3.8, 4) is 0 Å². The number of unbranched alkanes of at least 4 members (excludes halogenated alkanes) is 3. The molecule has 3 amide bonds. The number of likely N-dealkylation sites (N-methyl/N-ethyl adjacent to an activating group) is 1. The number of hydrogen-bond donors (Lipinski definition) is 1. The normalized spacial score (nSPS) is 32.5. The van der Waals surface area contributed by atoms with E-state index in [1.54, 1.807) is 33.9 Å². The van der Waals surface area contributed by atoms with Crippen LogP contribution in [-0.2, 0) is 19.1 Å². The van der Waals surface area contributed by atoms with Gasteiger partial charge in [0.15, 0.2) is 0 Å². The highest BCUT2D eigenvalue weighted by molar-refractivity contribution is 5.99. The number of nitrogens with zero attached hydrogens (tertiary/aromatic N) is 3. The van der Waals surface area contributed by atoms with Gasteiger partial charge in [0, 0.05) is 39.8 Å². The van der Waals surface area contributed by atoms with Crippen molar-refractivity contribution in [3.05, 3.63) is 25.3 Å². The SMILES string of the molecule is C=CCN(C)C(=O)[C@H]1[C@H]2C(=O)N(CCCCO)C(C(=O)N(CC=C)CCCCC)C23CC(C)[C@]1(C)O3. The Kier molecular flexibility index (Phi) is 9.04. The van der Waals surface area contributed by atoms with Crippen molar-refractivity contribution in [2.75, 3.05) is 39.8 Å². The van der Waals surface area contributed by atoms with Crippen LogP contribution in [0.4, 0.5) is 0 Å². The van der Waals surface area contributed by atoms with Crippen LogP contribution >= 0.6 is 0 Å². The van der Waals surface area contributed by atoms with E-state index in [4.69, 9.17) is 4.74 Å². The van der Waals surface area contributed by atoms with E-state index >= 15 is 0 Å². The summed E-state index contributed by atoms with van der Waals surface area (Å²) in [6.45, 7) is 15.4. The Morgan fingerprint density at radius 2 is 1.86 bits per heavy atom. The van der Waals surface area contributed by atoms with Crippen molar-refractivity contribution in [1.29, 1.82) is 0 Å². The largest absolute Gasteiger partial charge is 0.396 e. The van der Waals surface area contributed by atoms with Gasteiger partial charge in [0.2, 0.25) is 17.7 Å². The van der Waals surface area contributed by atoms with Crippen LogP contribution in [0, 0.1) is 17.8 Å². The number of hydrogen-bond acceptors (Lipinski definition) is 5. The number of ether oxygens (including phenoxy) is 1. The summed E-state index contributed by atoms with van der Waals surface area (Å²) in [5, 5.41) is 9.35. The molecule has 0 saturated carbocycles. The molecule has 3 fully saturated rings. The summed E-state index contributed by atoms with van der Waals surface area (Å²) >= 11 is 0. The van der Waals surface area contributed by atoms with Crippen LogP contribution in [0.2, 0.25) is 0 Å². The molecule has 3 heterocycles. The molecule has 1 spiro atoms. The summed E-state index contributed by atoms with van der Waals surface area (Å²) < 4.78 is 6.78. The van der Waals surface area contributed by atoms with Crippen molar-refractivity contribution >= 4 is 17.7 Å². The third-order valence-electron chi connectivity index (χ3n) is 8.59. The Morgan fingerprint density at radius 3 is 2.47 bits per heavy atom. The van der Waals surface area contributed by atoms with Crippen LogP contribution in [0.5, 0.6) is 0 Å². The van der Waals surface area contributed by atoms with E-state index in [2.05, 4.69) is 27.0 Å². The maximum Gasteiger partial charge on any atom is 0.248 e. The molecule has 3 rings (SSSR count). The highest BCUT2D eigenvalue weighted by Gasteiger charge is 2.80. The Hall–Kier alpha value is -2.19. The van der Waals surface area contributed by atoms with E-state index in [-0.39, 0.29) is 30.2 Å². The molecule has 0 aromatic rings. The molecule has 3 saturated heterocycles. The predicted octanol–water partition coefficient (Wildman–Crippen LogP) is 2.62. The summed E-state index contributed by atoms with van der Waals surface area (Å²) in [7, 11) is 1.72. The van der Waals surface area contributed by atoms with Crippen molar-refractivity contribution in [3.63, 3.8) is 0 Å². The second-order valence-electron chi connectivity index (χ2n) is 11.0. The molecule has 3 aliphatic rings. The van der Waals surface area contributed by atoms with Crippen molar-refractivity contribution < 1.29 is 24.2 Å². The molecule has 8 nitrogen and oxygen atoms in total. The van der Waals surface area contributed by atoms with Crippen LogP contribution in [0.15, 0.2) is 25.3 Å². The molecule has 1 N–H and O–H groups in total. The first kappa shape index (κ1) is 28.4. The summed E-state index contributed by atoms with van der Waals surface area (Å²) in [5.74, 6) is -1.81. The highest BCUT2D eigenvalue weighted by Crippen LogP contribution is 2.65. The van der Waals surface area contributed by atoms with Crippen molar-refractivity contribution in [2.45, 2.75) is 76.5 Å². The molecule has 8 heteroatoms. The number of likely N-dealkylation sites (tertiary alicyclic amines) is 1. The molecule has 0 radical (unpaired) electrons. The fourth-order valence-electron chi connectivity index (χ4n) is 6.72. The number of rotatable bonds is 14. The topological polar surface area (TPSA) is 90.4 Å². The molecule has 3 unspecified atom stereocenters. The minimum absolute atomic E-state index is 0.00766. The summed E-state index contributed by atoms with van der Waals surface area (Å²) in [5.41, 5.74) is -1.87. The molecule has 6 atom stereocenters. The molecule has 36 heavy (non-hydrogen) atoms. The lowest BCUT2D eigenvalue weighted by molar-refractivity contribution is -0.154. The number of aliphatic hydroxyl groups is 1. The van der Waals surface area contributed by atoms with Gasteiger partial charge in [0.25, 0.3) is 0 Å². The summed E-state index contributed by atoms with van der Waals surface area (Å²) in [4.78, 5) is 47.0. The fourth-order valence-corrected chi connectivity index (χ4v) is 6.72. The maximum atomic E-state index is 14.2. The molecular weight excluding hydrogens is 458 g/mol. The van der Waals surface area contributed by atoms with E-state index < -0.39 is 29.1 Å². The Balaban J connectivity index is 2.05. The first-order chi connectivity index (χ1) is 17.1. The maximum absolute atomic E-state index is 14.2. The average Bonchev–Trinajstić information content (AvgIpc) is 3.35. The van der Waals surface area contributed by atoms with E-state index in [0.29, 0.717) is 45.4 Å². The van der Waals surface area contributed by atoms with Gasteiger partial charge in [-0.3, -0.25) is 14.4 Å². The molecule has 0 aromatic carbocycles. The molecule has 2 bridgehead atoms. The van der Waals surface area contributed by atoms with Crippen LogP contribution in [-0.4, -0.2) is 94.6 Å². The zero-order chi connectivity index (χ0) is 26.7. The Morgan fingerprint density at radius 1 is 1.17 bits per heavy atom. The minimum Gasteiger partial charge on any atom is -0.396 e. The Labute approximate surface area is 216 Å². The monoisotopic (exact) mass is 503 g/mol. The molecular formula is C28H45N3O5. The number of carbonyl (C=O) groups is 3. The van der Waals surface area contributed by atoms with Gasteiger partial charge in [0.1, 0.15) is 11.6 Å². The third kappa shape index (κ3) is 4.62. The van der Waals surface area contributed by atoms with Gasteiger partial charge in [-0.25, -0.2) is 0 Å². The van der Waals surface area contributed by atoms with Gasteiger partial charge in [-0.1, -0.05) is 38.8 Å². The van der Waals surface area contributed by atoms with Gasteiger partial charge in [-0.15, -0.1) is 13.2 Å².